The van der Waals surface area contributed by atoms with Crippen LogP contribution in [0.1, 0.15) is 19.0 Å². The average molecular weight is 314 g/mol. The van der Waals surface area contributed by atoms with Gasteiger partial charge in [-0.2, -0.15) is 0 Å². The van der Waals surface area contributed by atoms with E-state index >= 15 is 0 Å². The van der Waals surface area contributed by atoms with E-state index in [1.165, 1.54) is 18.3 Å². The molecule has 8 heteroatoms. The minimum Gasteiger partial charge on any atom is -0.357 e. The Morgan fingerprint density at radius 3 is 3.00 bits per heavy atom. The molecule has 0 spiro atoms. The Labute approximate surface area is 123 Å². The van der Waals surface area contributed by atoms with Crippen molar-refractivity contribution in [2.75, 3.05) is 18.1 Å². The van der Waals surface area contributed by atoms with Crippen molar-refractivity contribution in [1.82, 2.24) is 15.6 Å². The van der Waals surface area contributed by atoms with Crippen molar-refractivity contribution in [3.63, 3.8) is 0 Å². The summed E-state index contributed by atoms with van der Waals surface area (Å²) >= 11 is 0. The first-order valence-electron chi connectivity index (χ1n) is 6.85. The van der Waals surface area contributed by atoms with Crippen LogP contribution in [-0.4, -0.2) is 43.5 Å². The highest BCUT2D eigenvalue weighted by molar-refractivity contribution is 7.91. The lowest BCUT2D eigenvalue weighted by atomic mass is 10.3. The van der Waals surface area contributed by atoms with Crippen LogP contribution in [0, 0.1) is 5.82 Å². The second kappa shape index (κ2) is 6.84. The predicted molar refractivity (Wildman–Crippen MR) is 79.2 cm³/mol. The molecule has 1 saturated heterocycles. The molecule has 21 heavy (non-hydrogen) atoms. The summed E-state index contributed by atoms with van der Waals surface area (Å²) in [4.78, 5) is 8.18. The second-order valence-corrected chi connectivity index (χ2v) is 7.10. The molecule has 2 rings (SSSR count). The summed E-state index contributed by atoms with van der Waals surface area (Å²) in [5.41, 5.74) is 0.258. The molecule has 0 aromatic carbocycles. The molecule has 0 bridgehead atoms. The Kier molecular flexibility index (Phi) is 5.11. The van der Waals surface area contributed by atoms with Gasteiger partial charge in [0.15, 0.2) is 15.8 Å². The summed E-state index contributed by atoms with van der Waals surface area (Å²) in [7, 11) is -2.95. The van der Waals surface area contributed by atoms with Gasteiger partial charge in [0.1, 0.15) is 5.82 Å². The van der Waals surface area contributed by atoms with Gasteiger partial charge in [-0.25, -0.2) is 17.8 Å². The Hall–Kier alpha value is -1.70. The lowest BCUT2D eigenvalue weighted by molar-refractivity contribution is 0.597. The van der Waals surface area contributed by atoms with E-state index in [1.54, 1.807) is 0 Å². The standard InChI is InChI=1S/C13H19FN4O2S/c1-2-15-13(18-10-5-7-21(19,20)9-10)17-8-12-11(14)4-3-6-16-12/h3-4,6,10H,2,5,7-9H2,1H3,(H2,15,17,18). The minimum absolute atomic E-state index is 0.0987. The Balaban J connectivity index is 2.01. The average Bonchev–Trinajstić information content (AvgIpc) is 2.77. The first-order chi connectivity index (χ1) is 10.00. The summed E-state index contributed by atoms with van der Waals surface area (Å²) in [6, 6.07) is 2.71. The maximum Gasteiger partial charge on any atom is 0.191 e. The van der Waals surface area contributed by atoms with Gasteiger partial charge in [-0.15, -0.1) is 0 Å². The maximum absolute atomic E-state index is 13.5. The van der Waals surface area contributed by atoms with E-state index in [2.05, 4.69) is 20.6 Å². The van der Waals surface area contributed by atoms with Gasteiger partial charge in [-0.1, -0.05) is 0 Å². The van der Waals surface area contributed by atoms with Crippen LogP contribution in [0.2, 0.25) is 0 Å². The van der Waals surface area contributed by atoms with E-state index in [4.69, 9.17) is 0 Å². The number of sulfone groups is 1. The van der Waals surface area contributed by atoms with Crippen molar-refractivity contribution in [2.45, 2.75) is 25.9 Å². The number of pyridine rings is 1. The van der Waals surface area contributed by atoms with E-state index in [0.717, 1.165) is 0 Å². The van der Waals surface area contributed by atoms with Gasteiger partial charge >= 0.3 is 0 Å². The Morgan fingerprint density at radius 1 is 1.57 bits per heavy atom. The van der Waals surface area contributed by atoms with E-state index in [-0.39, 0.29) is 29.8 Å². The van der Waals surface area contributed by atoms with Crippen LogP contribution in [0.25, 0.3) is 0 Å². The van der Waals surface area contributed by atoms with Crippen molar-refractivity contribution in [2.24, 2.45) is 4.99 Å². The number of nitrogens with one attached hydrogen (secondary N) is 2. The number of halogens is 1. The van der Waals surface area contributed by atoms with Crippen LogP contribution in [0.5, 0.6) is 0 Å². The molecule has 0 radical (unpaired) electrons. The fourth-order valence-corrected chi connectivity index (χ4v) is 3.78. The molecule has 0 saturated carbocycles. The van der Waals surface area contributed by atoms with Crippen LogP contribution in [0.15, 0.2) is 23.3 Å². The van der Waals surface area contributed by atoms with Gasteiger partial charge in [-0.05, 0) is 25.5 Å². The summed E-state index contributed by atoms with van der Waals surface area (Å²) in [5.74, 6) is 0.374. The zero-order valence-electron chi connectivity index (χ0n) is 11.8. The van der Waals surface area contributed by atoms with Crippen LogP contribution in [0.4, 0.5) is 4.39 Å². The fourth-order valence-electron chi connectivity index (χ4n) is 2.11. The predicted octanol–water partition coefficient (Wildman–Crippen LogP) is 0.463. The molecule has 1 aliphatic heterocycles. The molecule has 1 fully saturated rings. The van der Waals surface area contributed by atoms with Crippen LogP contribution in [-0.2, 0) is 16.4 Å². The number of nitrogens with zero attached hydrogens (tertiary/aromatic N) is 2. The smallest absolute Gasteiger partial charge is 0.191 e. The molecule has 116 valence electrons. The molecule has 2 N–H and O–H groups in total. The van der Waals surface area contributed by atoms with Crippen molar-refractivity contribution >= 4 is 15.8 Å². The molecular weight excluding hydrogens is 295 g/mol. The van der Waals surface area contributed by atoms with Gasteiger partial charge in [0.25, 0.3) is 0 Å². The fraction of sp³-hybridized carbons (Fsp3) is 0.538. The zero-order valence-corrected chi connectivity index (χ0v) is 12.7. The molecular formula is C13H19FN4O2S. The zero-order chi connectivity index (χ0) is 15.3. The van der Waals surface area contributed by atoms with E-state index in [9.17, 15) is 12.8 Å². The molecule has 0 aliphatic carbocycles. The van der Waals surface area contributed by atoms with E-state index in [0.29, 0.717) is 18.9 Å². The molecule has 1 atom stereocenters. The number of hydrogen-bond donors (Lipinski definition) is 2. The summed E-state index contributed by atoms with van der Waals surface area (Å²) in [6.07, 6.45) is 2.07. The Morgan fingerprint density at radius 2 is 2.38 bits per heavy atom. The number of aromatic nitrogens is 1. The monoisotopic (exact) mass is 314 g/mol. The molecule has 0 amide bonds. The Bertz CT molecular complexity index is 618. The highest BCUT2D eigenvalue weighted by Crippen LogP contribution is 2.11. The molecule has 1 aliphatic rings. The van der Waals surface area contributed by atoms with Gasteiger partial charge in [-0.3, -0.25) is 4.98 Å². The van der Waals surface area contributed by atoms with Crippen molar-refractivity contribution < 1.29 is 12.8 Å². The third kappa shape index (κ3) is 4.66. The van der Waals surface area contributed by atoms with Crippen molar-refractivity contribution in [3.8, 4) is 0 Å². The third-order valence-corrected chi connectivity index (χ3v) is 4.91. The first kappa shape index (κ1) is 15.7. The third-order valence-electron chi connectivity index (χ3n) is 3.14. The van der Waals surface area contributed by atoms with E-state index in [1.807, 2.05) is 6.92 Å². The van der Waals surface area contributed by atoms with Gasteiger partial charge in [0, 0.05) is 18.8 Å². The molecule has 1 unspecified atom stereocenters. The SMILES string of the molecule is CCNC(=NCc1ncccc1F)NC1CCS(=O)(=O)C1. The highest BCUT2D eigenvalue weighted by Gasteiger charge is 2.28. The first-order valence-corrected chi connectivity index (χ1v) is 8.67. The lowest BCUT2D eigenvalue weighted by Crippen LogP contribution is -2.44. The minimum atomic E-state index is -2.95. The number of hydrogen-bond acceptors (Lipinski definition) is 4. The summed E-state index contributed by atoms with van der Waals surface area (Å²) in [5, 5.41) is 6.09. The summed E-state index contributed by atoms with van der Waals surface area (Å²) < 4.78 is 36.4. The molecule has 6 nitrogen and oxygen atoms in total. The van der Waals surface area contributed by atoms with Crippen LogP contribution < -0.4 is 10.6 Å². The normalized spacial score (nSPS) is 21.2. The van der Waals surface area contributed by atoms with Gasteiger partial charge in [0.2, 0.25) is 0 Å². The molecule has 1 aromatic heterocycles. The van der Waals surface area contributed by atoms with Crippen LogP contribution in [0.3, 0.4) is 0 Å². The number of guanidine groups is 1. The van der Waals surface area contributed by atoms with Gasteiger partial charge < -0.3 is 10.6 Å². The highest BCUT2D eigenvalue weighted by atomic mass is 32.2. The molecule has 1 aromatic rings. The van der Waals surface area contributed by atoms with Gasteiger partial charge in [0.05, 0.1) is 23.7 Å². The number of rotatable bonds is 4. The summed E-state index contributed by atoms with van der Waals surface area (Å²) in [6.45, 7) is 2.64. The maximum atomic E-state index is 13.5. The van der Waals surface area contributed by atoms with Crippen LogP contribution >= 0.6 is 0 Å². The largest absolute Gasteiger partial charge is 0.357 e. The van der Waals surface area contributed by atoms with Crippen molar-refractivity contribution in [1.29, 1.82) is 0 Å². The van der Waals surface area contributed by atoms with Crippen molar-refractivity contribution in [3.05, 3.63) is 29.8 Å². The quantitative estimate of drug-likeness (QED) is 0.623. The van der Waals surface area contributed by atoms with E-state index < -0.39 is 15.7 Å². The second-order valence-electron chi connectivity index (χ2n) is 4.87. The lowest BCUT2D eigenvalue weighted by Gasteiger charge is -2.15. The number of aliphatic imine (C=N–C) groups is 1. The molecule has 2 heterocycles. The topological polar surface area (TPSA) is 83.4 Å².